The van der Waals surface area contributed by atoms with E-state index in [-0.39, 0.29) is 5.56 Å². The normalized spacial score (nSPS) is 9.62. The van der Waals surface area contributed by atoms with Gasteiger partial charge in [0.2, 0.25) is 0 Å². The summed E-state index contributed by atoms with van der Waals surface area (Å²) in [5, 5.41) is 8.34. The summed E-state index contributed by atoms with van der Waals surface area (Å²) in [6.45, 7) is -0.623. The van der Waals surface area contributed by atoms with Crippen LogP contribution in [0, 0.1) is 0 Å². The average Bonchev–Trinajstić information content (AvgIpc) is 2.17. The molecule has 68 valence electrons. The number of hydrogen-bond acceptors (Lipinski definition) is 2. The third-order valence-corrected chi connectivity index (χ3v) is 1.56. The highest BCUT2D eigenvalue weighted by atomic mass is 19.1. The summed E-state index contributed by atoms with van der Waals surface area (Å²) in [7, 11) is 0. The molecule has 0 aliphatic heterocycles. The quantitative estimate of drug-likeness (QED) is 0.568. The van der Waals surface area contributed by atoms with Crippen molar-refractivity contribution in [3.05, 3.63) is 35.4 Å². The predicted molar refractivity (Wildman–Crippen MR) is 43.2 cm³/mol. The van der Waals surface area contributed by atoms with Crippen molar-refractivity contribution in [2.75, 3.05) is 0 Å². The SMILES string of the molecule is O=C(O)C(=O)c1ccc(CF)cc1. The van der Waals surface area contributed by atoms with Gasteiger partial charge in [0.05, 0.1) is 0 Å². The van der Waals surface area contributed by atoms with E-state index in [4.69, 9.17) is 5.11 Å². The van der Waals surface area contributed by atoms with Crippen LogP contribution in [-0.4, -0.2) is 16.9 Å². The zero-order chi connectivity index (χ0) is 9.84. The Balaban J connectivity index is 2.92. The van der Waals surface area contributed by atoms with Gasteiger partial charge in [0.25, 0.3) is 5.78 Å². The van der Waals surface area contributed by atoms with Crippen molar-refractivity contribution < 1.29 is 19.1 Å². The molecule has 4 heteroatoms. The summed E-state index contributed by atoms with van der Waals surface area (Å²) in [5.74, 6) is -2.49. The van der Waals surface area contributed by atoms with E-state index < -0.39 is 18.4 Å². The fraction of sp³-hybridized carbons (Fsp3) is 0.111. The summed E-state index contributed by atoms with van der Waals surface area (Å²) in [4.78, 5) is 21.1. The number of benzene rings is 1. The van der Waals surface area contributed by atoms with Crippen LogP contribution in [0.15, 0.2) is 24.3 Å². The molecule has 0 atom stereocenters. The molecule has 13 heavy (non-hydrogen) atoms. The van der Waals surface area contributed by atoms with Gasteiger partial charge in [-0.2, -0.15) is 0 Å². The van der Waals surface area contributed by atoms with Crippen molar-refractivity contribution in [2.45, 2.75) is 6.67 Å². The van der Waals surface area contributed by atoms with Crippen LogP contribution in [-0.2, 0) is 11.5 Å². The van der Waals surface area contributed by atoms with Crippen LogP contribution in [0.2, 0.25) is 0 Å². The molecule has 0 fully saturated rings. The molecule has 0 aliphatic carbocycles. The smallest absolute Gasteiger partial charge is 0.377 e. The minimum Gasteiger partial charge on any atom is -0.475 e. The highest BCUT2D eigenvalue weighted by Gasteiger charge is 2.13. The van der Waals surface area contributed by atoms with E-state index in [2.05, 4.69) is 0 Å². The number of alkyl halides is 1. The van der Waals surface area contributed by atoms with E-state index >= 15 is 0 Å². The third kappa shape index (κ3) is 2.11. The number of carbonyl (C=O) groups excluding carboxylic acids is 1. The van der Waals surface area contributed by atoms with E-state index in [1.807, 2.05) is 0 Å². The van der Waals surface area contributed by atoms with Crippen LogP contribution in [0.4, 0.5) is 4.39 Å². The maximum Gasteiger partial charge on any atom is 0.377 e. The van der Waals surface area contributed by atoms with Crippen LogP contribution in [0.1, 0.15) is 15.9 Å². The summed E-state index contributed by atoms with van der Waals surface area (Å²) < 4.78 is 12.0. The van der Waals surface area contributed by atoms with Crippen LogP contribution in [0.3, 0.4) is 0 Å². The fourth-order valence-corrected chi connectivity index (χ4v) is 0.869. The Morgan fingerprint density at radius 1 is 1.23 bits per heavy atom. The maximum absolute atomic E-state index is 12.0. The number of carboxylic acids is 1. The second-order valence-electron chi connectivity index (χ2n) is 2.46. The number of carboxylic acid groups (broad SMARTS) is 1. The van der Waals surface area contributed by atoms with Crippen molar-refractivity contribution >= 4 is 11.8 Å². The summed E-state index contributed by atoms with van der Waals surface area (Å²) in [5.41, 5.74) is 0.478. The van der Waals surface area contributed by atoms with E-state index in [0.29, 0.717) is 5.56 Å². The lowest BCUT2D eigenvalue weighted by molar-refractivity contribution is -0.131. The molecule has 1 rings (SSSR count). The van der Waals surface area contributed by atoms with Gasteiger partial charge < -0.3 is 5.11 Å². The lowest BCUT2D eigenvalue weighted by atomic mass is 10.1. The maximum atomic E-state index is 12.0. The molecule has 0 heterocycles. The van der Waals surface area contributed by atoms with Crippen molar-refractivity contribution in [3.8, 4) is 0 Å². The summed E-state index contributed by atoms with van der Waals surface area (Å²) in [6.07, 6.45) is 0. The molecular weight excluding hydrogens is 175 g/mol. The standard InChI is InChI=1S/C9H7FO3/c10-5-6-1-3-7(4-2-6)8(11)9(12)13/h1-4H,5H2,(H,12,13). The van der Waals surface area contributed by atoms with Crippen molar-refractivity contribution in [2.24, 2.45) is 0 Å². The van der Waals surface area contributed by atoms with Crippen LogP contribution in [0.5, 0.6) is 0 Å². The second kappa shape index (κ2) is 3.80. The van der Waals surface area contributed by atoms with Gasteiger partial charge in [0.15, 0.2) is 0 Å². The van der Waals surface area contributed by atoms with Gasteiger partial charge in [0, 0.05) is 5.56 Å². The zero-order valence-corrected chi connectivity index (χ0v) is 6.66. The largest absolute Gasteiger partial charge is 0.475 e. The Bertz CT molecular complexity index is 329. The van der Waals surface area contributed by atoms with E-state index in [9.17, 15) is 14.0 Å². The van der Waals surface area contributed by atoms with Gasteiger partial charge in [-0.05, 0) is 5.56 Å². The molecule has 0 bridgehead atoms. The average molecular weight is 182 g/mol. The highest BCUT2D eigenvalue weighted by molar-refractivity contribution is 6.39. The molecule has 0 saturated heterocycles. The molecule has 0 aliphatic rings. The molecule has 0 unspecified atom stereocenters. The number of ketones is 1. The Morgan fingerprint density at radius 2 is 1.77 bits per heavy atom. The van der Waals surface area contributed by atoms with Gasteiger partial charge in [-0.1, -0.05) is 24.3 Å². The Labute approximate surface area is 73.8 Å². The lowest BCUT2D eigenvalue weighted by Crippen LogP contribution is -2.12. The Kier molecular flexibility index (Phi) is 2.74. The van der Waals surface area contributed by atoms with Crippen molar-refractivity contribution in [1.29, 1.82) is 0 Å². The molecule has 1 aromatic carbocycles. The number of hydrogen-bond donors (Lipinski definition) is 1. The van der Waals surface area contributed by atoms with Gasteiger partial charge in [-0.3, -0.25) is 4.79 Å². The van der Waals surface area contributed by atoms with E-state index in [1.165, 1.54) is 24.3 Å². The number of halogens is 1. The van der Waals surface area contributed by atoms with Crippen LogP contribution in [0.25, 0.3) is 0 Å². The zero-order valence-electron chi connectivity index (χ0n) is 6.66. The van der Waals surface area contributed by atoms with Crippen molar-refractivity contribution in [1.82, 2.24) is 0 Å². The molecule has 0 aromatic heterocycles. The minimum absolute atomic E-state index is 0.0599. The summed E-state index contributed by atoms with van der Waals surface area (Å²) >= 11 is 0. The number of Topliss-reactive ketones (excluding diaryl/α,β-unsaturated/α-hetero) is 1. The monoisotopic (exact) mass is 182 g/mol. The Morgan fingerprint density at radius 3 is 2.15 bits per heavy atom. The summed E-state index contributed by atoms with van der Waals surface area (Å²) in [6, 6.07) is 5.36. The molecule has 0 saturated carbocycles. The minimum atomic E-state index is -1.51. The van der Waals surface area contributed by atoms with Crippen molar-refractivity contribution in [3.63, 3.8) is 0 Å². The molecule has 0 radical (unpaired) electrons. The van der Waals surface area contributed by atoms with E-state index in [0.717, 1.165) is 0 Å². The van der Waals surface area contributed by atoms with Gasteiger partial charge >= 0.3 is 5.97 Å². The number of aliphatic carboxylic acids is 1. The predicted octanol–water partition coefficient (Wildman–Crippen LogP) is 1.42. The first-order chi connectivity index (χ1) is 6.15. The topological polar surface area (TPSA) is 54.4 Å². The van der Waals surface area contributed by atoms with Crippen LogP contribution < -0.4 is 0 Å². The van der Waals surface area contributed by atoms with E-state index in [1.54, 1.807) is 0 Å². The highest BCUT2D eigenvalue weighted by Crippen LogP contribution is 2.06. The fourth-order valence-electron chi connectivity index (χ4n) is 0.869. The van der Waals surface area contributed by atoms with Gasteiger partial charge in [-0.25, -0.2) is 9.18 Å². The second-order valence-corrected chi connectivity index (χ2v) is 2.46. The molecule has 0 amide bonds. The first-order valence-electron chi connectivity index (χ1n) is 3.57. The first-order valence-corrected chi connectivity index (χ1v) is 3.57. The molecule has 0 spiro atoms. The Hall–Kier alpha value is -1.71. The number of carbonyl (C=O) groups is 2. The molecule has 1 N–H and O–H groups in total. The van der Waals surface area contributed by atoms with Crippen LogP contribution >= 0.6 is 0 Å². The molecular formula is C9H7FO3. The molecule has 1 aromatic rings. The molecule has 3 nitrogen and oxygen atoms in total. The lowest BCUT2D eigenvalue weighted by Gasteiger charge is -1.96. The van der Waals surface area contributed by atoms with Gasteiger partial charge in [-0.15, -0.1) is 0 Å². The number of rotatable bonds is 3. The third-order valence-electron chi connectivity index (χ3n) is 1.56. The van der Waals surface area contributed by atoms with Gasteiger partial charge in [0.1, 0.15) is 6.67 Å². The first kappa shape index (κ1) is 9.38.